The number of carbonyl (C=O) groups is 1. The van der Waals surface area contributed by atoms with Gasteiger partial charge in [-0.25, -0.2) is 4.79 Å². The number of hydrogen-bond acceptors (Lipinski definition) is 4. The molecule has 0 radical (unpaired) electrons. The van der Waals surface area contributed by atoms with Crippen molar-refractivity contribution in [3.05, 3.63) is 54.1 Å². The number of nitrogens with one attached hydrogen (secondary N) is 2. The van der Waals surface area contributed by atoms with Crippen molar-refractivity contribution in [1.82, 2.24) is 5.32 Å². The van der Waals surface area contributed by atoms with E-state index in [0.717, 1.165) is 11.3 Å². The lowest BCUT2D eigenvalue weighted by molar-refractivity contribution is 0.102. The molecule has 0 bridgehead atoms. The average molecular weight is 344 g/mol. The number of benzene rings is 2. The van der Waals surface area contributed by atoms with Gasteiger partial charge in [0, 0.05) is 19.2 Å². The van der Waals surface area contributed by atoms with Gasteiger partial charge in [-0.05, 0) is 25.1 Å². The molecule has 6 heteroatoms. The Morgan fingerprint density at radius 2 is 1.72 bits per heavy atom. The number of rotatable bonds is 8. The van der Waals surface area contributed by atoms with Crippen LogP contribution in [0.15, 0.2) is 48.5 Å². The van der Waals surface area contributed by atoms with Crippen LogP contribution >= 0.6 is 0 Å². The first-order valence-electron chi connectivity index (χ1n) is 8.12. The Morgan fingerprint density at radius 1 is 1.04 bits per heavy atom. The lowest BCUT2D eigenvalue weighted by Gasteiger charge is -2.19. The number of methoxy groups -OCH3 is 2. The second-order valence-electron chi connectivity index (χ2n) is 5.23. The number of carbonyl (C=O) groups excluding carboxylic acids is 1. The molecule has 0 unspecified atom stereocenters. The van der Waals surface area contributed by atoms with E-state index in [1.165, 1.54) is 0 Å². The molecule has 2 N–H and O–H groups in total. The van der Waals surface area contributed by atoms with E-state index in [4.69, 9.17) is 14.2 Å². The number of ether oxygens (including phenoxy) is 3. The van der Waals surface area contributed by atoms with E-state index in [1.54, 1.807) is 20.3 Å². The molecule has 0 aliphatic carbocycles. The van der Waals surface area contributed by atoms with Gasteiger partial charge in [0.15, 0.2) is 0 Å². The maximum Gasteiger partial charge on any atom is 0.319 e. The Labute approximate surface area is 148 Å². The van der Waals surface area contributed by atoms with Crippen LogP contribution in [0.3, 0.4) is 0 Å². The molecule has 25 heavy (non-hydrogen) atoms. The molecule has 0 aromatic heterocycles. The van der Waals surface area contributed by atoms with E-state index in [0.29, 0.717) is 24.6 Å². The van der Waals surface area contributed by atoms with Crippen molar-refractivity contribution in [2.45, 2.75) is 13.0 Å². The van der Waals surface area contributed by atoms with Gasteiger partial charge in [0.05, 0.1) is 19.4 Å². The molecule has 0 fully saturated rings. The number of urea groups is 1. The molecule has 0 aliphatic heterocycles. The van der Waals surface area contributed by atoms with Gasteiger partial charge in [-0.3, -0.25) is 0 Å². The van der Waals surface area contributed by atoms with Gasteiger partial charge in [-0.2, -0.15) is 0 Å². The summed E-state index contributed by atoms with van der Waals surface area (Å²) in [4.78, 5) is 12.2. The molecular formula is C19H24N2O4. The van der Waals surface area contributed by atoms with Crippen molar-refractivity contribution in [2.24, 2.45) is 0 Å². The SMILES string of the molecule is CCOc1ccccc1NC(=O)NC[C@@H](OC)c1ccccc1OC. The summed E-state index contributed by atoms with van der Waals surface area (Å²) >= 11 is 0. The minimum atomic E-state index is -0.330. The van der Waals surface area contributed by atoms with Crippen molar-refractivity contribution < 1.29 is 19.0 Å². The predicted octanol–water partition coefficient (Wildman–Crippen LogP) is 3.60. The lowest BCUT2D eigenvalue weighted by atomic mass is 10.1. The van der Waals surface area contributed by atoms with Crippen molar-refractivity contribution in [2.75, 3.05) is 32.7 Å². The van der Waals surface area contributed by atoms with Crippen molar-refractivity contribution in [1.29, 1.82) is 0 Å². The van der Waals surface area contributed by atoms with E-state index in [-0.39, 0.29) is 12.1 Å². The Kier molecular flexibility index (Phi) is 7.10. The van der Waals surface area contributed by atoms with Crippen LogP contribution in [-0.4, -0.2) is 33.4 Å². The van der Waals surface area contributed by atoms with Crippen LogP contribution in [0, 0.1) is 0 Å². The Hall–Kier alpha value is -2.73. The van der Waals surface area contributed by atoms with Gasteiger partial charge in [-0.1, -0.05) is 30.3 Å². The van der Waals surface area contributed by atoms with E-state index >= 15 is 0 Å². The molecule has 0 heterocycles. The number of amides is 2. The van der Waals surface area contributed by atoms with Crippen LogP contribution in [0.1, 0.15) is 18.6 Å². The summed E-state index contributed by atoms with van der Waals surface area (Å²) in [7, 11) is 3.21. The quantitative estimate of drug-likeness (QED) is 0.768. The molecule has 0 aliphatic rings. The Balaban J connectivity index is 1.99. The summed E-state index contributed by atoms with van der Waals surface area (Å²) in [5, 5.41) is 5.61. The second-order valence-corrected chi connectivity index (χ2v) is 5.23. The largest absolute Gasteiger partial charge is 0.496 e. The van der Waals surface area contributed by atoms with Gasteiger partial charge in [0.1, 0.15) is 17.6 Å². The fraction of sp³-hybridized carbons (Fsp3) is 0.316. The van der Waals surface area contributed by atoms with E-state index in [2.05, 4.69) is 10.6 Å². The summed E-state index contributed by atoms with van der Waals surface area (Å²) in [5.41, 5.74) is 1.50. The van der Waals surface area contributed by atoms with Crippen LogP contribution in [0.5, 0.6) is 11.5 Å². The van der Waals surface area contributed by atoms with Gasteiger partial charge in [-0.15, -0.1) is 0 Å². The third kappa shape index (κ3) is 5.12. The predicted molar refractivity (Wildman–Crippen MR) is 97.4 cm³/mol. The molecule has 1 atom stereocenters. The van der Waals surface area contributed by atoms with Crippen molar-refractivity contribution in [3.8, 4) is 11.5 Å². The summed E-state index contributed by atoms with van der Waals surface area (Å²) in [6.45, 7) is 2.73. The number of anilines is 1. The maximum absolute atomic E-state index is 12.2. The minimum Gasteiger partial charge on any atom is -0.496 e. The molecule has 2 rings (SSSR count). The summed E-state index contributed by atoms with van der Waals surface area (Å²) in [5.74, 6) is 1.35. The van der Waals surface area contributed by atoms with Gasteiger partial charge < -0.3 is 24.8 Å². The third-order valence-corrected chi connectivity index (χ3v) is 3.65. The summed E-state index contributed by atoms with van der Waals surface area (Å²) < 4.78 is 16.3. The smallest absolute Gasteiger partial charge is 0.319 e. The number of para-hydroxylation sites is 3. The molecule has 0 spiro atoms. The zero-order chi connectivity index (χ0) is 18.1. The molecular weight excluding hydrogens is 320 g/mol. The monoisotopic (exact) mass is 344 g/mol. The fourth-order valence-corrected chi connectivity index (χ4v) is 2.46. The molecule has 0 saturated carbocycles. The summed E-state index contributed by atoms with van der Waals surface area (Å²) in [6, 6.07) is 14.5. The fourth-order valence-electron chi connectivity index (χ4n) is 2.46. The van der Waals surface area contributed by atoms with Crippen LogP contribution in [0.25, 0.3) is 0 Å². The van der Waals surface area contributed by atoms with Gasteiger partial charge in [0.25, 0.3) is 0 Å². The van der Waals surface area contributed by atoms with Crippen LogP contribution in [0.2, 0.25) is 0 Å². The summed E-state index contributed by atoms with van der Waals surface area (Å²) in [6.07, 6.45) is -0.316. The standard InChI is InChI=1S/C19H24N2O4/c1-4-25-17-12-8-6-10-15(17)21-19(22)20-13-18(24-3)14-9-5-7-11-16(14)23-2/h5-12,18H,4,13H2,1-3H3,(H2,20,21,22)/t18-/m1/s1. The van der Waals surface area contributed by atoms with Crippen LogP contribution in [-0.2, 0) is 4.74 Å². The first kappa shape index (κ1) is 18.6. The highest BCUT2D eigenvalue weighted by Gasteiger charge is 2.16. The highest BCUT2D eigenvalue weighted by atomic mass is 16.5. The third-order valence-electron chi connectivity index (χ3n) is 3.65. The Morgan fingerprint density at radius 3 is 2.40 bits per heavy atom. The molecule has 2 aromatic carbocycles. The molecule has 6 nitrogen and oxygen atoms in total. The molecule has 0 saturated heterocycles. The molecule has 134 valence electrons. The zero-order valence-corrected chi connectivity index (χ0v) is 14.7. The number of hydrogen-bond donors (Lipinski definition) is 2. The highest BCUT2D eigenvalue weighted by molar-refractivity contribution is 5.90. The van der Waals surface area contributed by atoms with Gasteiger partial charge in [0.2, 0.25) is 0 Å². The lowest BCUT2D eigenvalue weighted by Crippen LogP contribution is -2.33. The van der Waals surface area contributed by atoms with E-state index in [1.807, 2.05) is 49.4 Å². The topological polar surface area (TPSA) is 68.8 Å². The average Bonchev–Trinajstić information content (AvgIpc) is 2.64. The highest BCUT2D eigenvalue weighted by Crippen LogP contribution is 2.27. The first-order valence-corrected chi connectivity index (χ1v) is 8.12. The van der Waals surface area contributed by atoms with Crippen LogP contribution in [0.4, 0.5) is 10.5 Å². The van der Waals surface area contributed by atoms with Gasteiger partial charge >= 0.3 is 6.03 Å². The Bertz CT molecular complexity index is 691. The van der Waals surface area contributed by atoms with Crippen molar-refractivity contribution >= 4 is 11.7 Å². The normalized spacial score (nSPS) is 11.5. The zero-order valence-electron chi connectivity index (χ0n) is 14.7. The molecule has 2 aromatic rings. The maximum atomic E-state index is 12.2. The molecule has 2 amide bonds. The second kappa shape index (κ2) is 9.54. The van der Waals surface area contributed by atoms with Crippen LogP contribution < -0.4 is 20.1 Å². The minimum absolute atomic E-state index is 0.305. The van der Waals surface area contributed by atoms with E-state index in [9.17, 15) is 4.79 Å². The van der Waals surface area contributed by atoms with Crippen molar-refractivity contribution in [3.63, 3.8) is 0 Å². The first-order chi connectivity index (χ1) is 12.2. The van der Waals surface area contributed by atoms with E-state index < -0.39 is 0 Å².